The van der Waals surface area contributed by atoms with Gasteiger partial charge in [0.25, 0.3) is 0 Å². The van der Waals surface area contributed by atoms with Crippen LogP contribution in [0.2, 0.25) is 0 Å². The number of esters is 1. The highest BCUT2D eigenvalue weighted by Crippen LogP contribution is 2.07. The first-order valence-corrected chi connectivity index (χ1v) is 5.99. The molecule has 0 aliphatic carbocycles. The Kier molecular flexibility index (Phi) is 4.08. The summed E-state index contributed by atoms with van der Waals surface area (Å²) >= 11 is 0. The molecule has 0 spiro atoms. The highest BCUT2D eigenvalue weighted by molar-refractivity contribution is 5.99. The summed E-state index contributed by atoms with van der Waals surface area (Å²) in [4.78, 5) is 23.5. The molecule has 0 fully saturated rings. The van der Waals surface area contributed by atoms with Crippen molar-refractivity contribution in [3.8, 4) is 0 Å². The Hall–Kier alpha value is -2.42. The van der Waals surface area contributed by atoms with Gasteiger partial charge in [-0.05, 0) is 19.1 Å². The smallest absolute Gasteiger partial charge is 0.338 e. The summed E-state index contributed by atoms with van der Waals surface area (Å²) in [5.41, 5.74) is 1.98. The maximum Gasteiger partial charge on any atom is 0.338 e. The van der Waals surface area contributed by atoms with Crippen molar-refractivity contribution in [3.05, 3.63) is 71.3 Å². The number of hydrogen-bond acceptors (Lipinski definition) is 3. The van der Waals surface area contributed by atoms with E-state index in [9.17, 15) is 9.59 Å². The summed E-state index contributed by atoms with van der Waals surface area (Å²) in [6, 6.07) is 15.8. The molecule has 0 saturated carbocycles. The van der Waals surface area contributed by atoms with Crippen LogP contribution in [0, 0.1) is 6.92 Å². The zero-order valence-electron chi connectivity index (χ0n) is 10.6. The number of hydrogen-bond donors (Lipinski definition) is 0. The van der Waals surface area contributed by atoms with Gasteiger partial charge >= 0.3 is 5.97 Å². The van der Waals surface area contributed by atoms with Gasteiger partial charge in [-0.25, -0.2) is 4.79 Å². The molecule has 0 saturated heterocycles. The molecule has 2 aromatic rings. The first kappa shape index (κ1) is 13.0. The second-order valence-corrected chi connectivity index (χ2v) is 4.23. The fraction of sp³-hybridized carbons (Fsp3) is 0.125. The fourth-order valence-corrected chi connectivity index (χ4v) is 1.69. The van der Waals surface area contributed by atoms with E-state index >= 15 is 0 Å². The number of benzene rings is 2. The van der Waals surface area contributed by atoms with Gasteiger partial charge in [-0.2, -0.15) is 0 Å². The summed E-state index contributed by atoms with van der Waals surface area (Å²) in [6.07, 6.45) is 0. The fourth-order valence-electron chi connectivity index (χ4n) is 1.69. The highest BCUT2D eigenvalue weighted by Gasteiger charge is 2.11. The van der Waals surface area contributed by atoms with Crippen LogP contribution in [0.25, 0.3) is 0 Å². The number of ketones is 1. The van der Waals surface area contributed by atoms with Crippen molar-refractivity contribution in [2.24, 2.45) is 0 Å². The minimum Gasteiger partial charge on any atom is -0.454 e. The summed E-state index contributed by atoms with van der Waals surface area (Å²) in [7, 11) is 0. The lowest BCUT2D eigenvalue weighted by Gasteiger charge is -2.05. The second kappa shape index (κ2) is 5.96. The topological polar surface area (TPSA) is 43.4 Å². The van der Waals surface area contributed by atoms with Gasteiger partial charge in [0.1, 0.15) is 0 Å². The van der Waals surface area contributed by atoms with Crippen molar-refractivity contribution in [3.63, 3.8) is 0 Å². The first-order chi connectivity index (χ1) is 9.16. The molecule has 0 N–H and O–H groups in total. The number of ether oxygens (including phenoxy) is 1. The summed E-state index contributed by atoms with van der Waals surface area (Å²) in [5, 5.41) is 0. The van der Waals surface area contributed by atoms with E-state index in [0.29, 0.717) is 11.1 Å². The van der Waals surface area contributed by atoms with Crippen LogP contribution in [0.1, 0.15) is 26.3 Å². The zero-order chi connectivity index (χ0) is 13.7. The highest BCUT2D eigenvalue weighted by atomic mass is 16.5. The number of aryl methyl sites for hydroxylation is 1. The molecule has 96 valence electrons. The third-order valence-electron chi connectivity index (χ3n) is 2.68. The molecule has 0 amide bonds. The van der Waals surface area contributed by atoms with Crippen LogP contribution < -0.4 is 0 Å². The molecule has 0 radical (unpaired) electrons. The summed E-state index contributed by atoms with van der Waals surface area (Å²) in [6.45, 7) is 1.66. The lowest BCUT2D eigenvalue weighted by Crippen LogP contribution is -2.14. The van der Waals surface area contributed by atoms with Crippen molar-refractivity contribution in [1.29, 1.82) is 0 Å². The van der Waals surface area contributed by atoms with Gasteiger partial charge in [-0.15, -0.1) is 0 Å². The predicted octanol–water partition coefficient (Wildman–Crippen LogP) is 3.03. The normalized spacial score (nSPS) is 9.95. The van der Waals surface area contributed by atoms with Crippen molar-refractivity contribution >= 4 is 11.8 Å². The average molecular weight is 254 g/mol. The summed E-state index contributed by atoms with van der Waals surface area (Å²) in [5.74, 6) is -0.686. The lowest BCUT2D eigenvalue weighted by molar-refractivity contribution is 0.0474. The molecule has 0 aliphatic rings. The standard InChI is InChI=1S/C16H14O3/c1-12-6-5-9-14(10-12)16(18)19-11-15(17)13-7-3-2-4-8-13/h2-10H,11H2,1H3. The minimum absolute atomic E-state index is 0.207. The zero-order valence-corrected chi connectivity index (χ0v) is 10.6. The van der Waals surface area contributed by atoms with E-state index in [0.717, 1.165) is 5.56 Å². The quantitative estimate of drug-likeness (QED) is 0.622. The van der Waals surface area contributed by atoms with Crippen molar-refractivity contribution in [2.45, 2.75) is 6.92 Å². The molecule has 0 atom stereocenters. The van der Waals surface area contributed by atoms with Crippen molar-refractivity contribution in [1.82, 2.24) is 0 Å². The molecule has 3 nitrogen and oxygen atoms in total. The van der Waals surface area contributed by atoms with Gasteiger partial charge in [0, 0.05) is 5.56 Å². The third-order valence-corrected chi connectivity index (χ3v) is 2.68. The number of Topliss-reactive ketones (excluding diaryl/α,β-unsaturated/α-hetero) is 1. The van der Waals surface area contributed by atoms with Crippen LogP contribution in [0.3, 0.4) is 0 Å². The maximum atomic E-state index is 11.8. The molecule has 2 aromatic carbocycles. The largest absolute Gasteiger partial charge is 0.454 e. The van der Waals surface area contributed by atoms with Crippen molar-refractivity contribution in [2.75, 3.05) is 6.61 Å². The molecule has 19 heavy (non-hydrogen) atoms. The van der Waals surface area contributed by atoms with Crippen molar-refractivity contribution < 1.29 is 14.3 Å². The predicted molar refractivity (Wildman–Crippen MR) is 72.2 cm³/mol. The Balaban J connectivity index is 1.96. The van der Waals surface area contributed by atoms with E-state index in [-0.39, 0.29) is 12.4 Å². The number of carbonyl (C=O) groups excluding carboxylic acids is 2. The van der Waals surface area contributed by atoms with Crippen LogP contribution in [-0.2, 0) is 4.74 Å². The second-order valence-electron chi connectivity index (χ2n) is 4.23. The van der Waals surface area contributed by atoms with Gasteiger partial charge in [0.05, 0.1) is 5.56 Å². The van der Waals surface area contributed by atoms with Gasteiger partial charge in [-0.1, -0.05) is 48.0 Å². The molecule has 0 unspecified atom stereocenters. The third kappa shape index (κ3) is 3.52. The minimum atomic E-state index is -0.479. The SMILES string of the molecule is Cc1cccc(C(=O)OCC(=O)c2ccccc2)c1. The van der Waals surface area contributed by atoms with Crippen LogP contribution in [0.5, 0.6) is 0 Å². The van der Waals surface area contributed by atoms with Crippen LogP contribution in [-0.4, -0.2) is 18.4 Å². The van der Waals surface area contributed by atoms with E-state index in [2.05, 4.69) is 0 Å². The van der Waals surface area contributed by atoms with E-state index in [1.54, 1.807) is 42.5 Å². The lowest BCUT2D eigenvalue weighted by atomic mass is 10.1. The van der Waals surface area contributed by atoms with E-state index in [4.69, 9.17) is 4.74 Å². The molecule has 0 bridgehead atoms. The molecular formula is C16H14O3. The monoisotopic (exact) mass is 254 g/mol. The van der Waals surface area contributed by atoms with Gasteiger partial charge in [0.2, 0.25) is 0 Å². The molecule has 3 heteroatoms. The molecule has 0 aliphatic heterocycles. The van der Waals surface area contributed by atoms with E-state index in [1.165, 1.54) is 0 Å². The molecule has 0 heterocycles. The number of rotatable bonds is 4. The molecule has 0 aromatic heterocycles. The molecule has 2 rings (SSSR count). The van der Waals surface area contributed by atoms with Crippen LogP contribution in [0.15, 0.2) is 54.6 Å². The van der Waals surface area contributed by atoms with Crippen LogP contribution >= 0.6 is 0 Å². The van der Waals surface area contributed by atoms with E-state index < -0.39 is 5.97 Å². The van der Waals surface area contributed by atoms with Gasteiger partial charge < -0.3 is 4.74 Å². The average Bonchev–Trinajstić information content (AvgIpc) is 2.45. The first-order valence-electron chi connectivity index (χ1n) is 5.99. The Morgan fingerprint density at radius 3 is 2.32 bits per heavy atom. The van der Waals surface area contributed by atoms with E-state index in [1.807, 2.05) is 19.1 Å². The summed E-state index contributed by atoms with van der Waals surface area (Å²) < 4.78 is 5.01. The Bertz CT molecular complexity index is 588. The van der Waals surface area contributed by atoms with Gasteiger partial charge in [0.15, 0.2) is 12.4 Å². The van der Waals surface area contributed by atoms with Gasteiger partial charge in [-0.3, -0.25) is 4.79 Å². The Labute approximate surface area is 111 Å². The maximum absolute atomic E-state index is 11.8. The number of carbonyl (C=O) groups is 2. The Morgan fingerprint density at radius 1 is 0.947 bits per heavy atom. The molecular weight excluding hydrogens is 240 g/mol. The Morgan fingerprint density at radius 2 is 1.63 bits per heavy atom. The van der Waals surface area contributed by atoms with Crippen LogP contribution in [0.4, 0.5) is 0 Å².